The van der Waals surface area contributed by atoms with Crippen molar-refractivity contribution < 1.29 is 29.3 Å². The second-order valence-electron chi connectivity index (χ2n) is 5.12. The quantitative estimate of drug-likeness (QED) is 0.126. The minimum Gasteiger partial charge on any atom is -0.693 e. The summed E-state index contributed by atoms with van der Waals surface area (Å²) in [5, 5.41) is 19.6. The molecule has 12 nitrogen and oxygen atoms in total. The van der Waals surface area contributed by atoms with Gasteiger partial charge in [0.15, 0.2) is 0 Å². The number of fused-ring (bicyclic) bond motifs is 2. The van der Waals surface area contributed by atoms with Crippen molar-refractivity contribution >= 4 is 33.3 Å². The molecule has 0 spiro atoms. The number of rotatable bonds is 0. The van der Waals surface area contributed by atoms with Crippen molar-refractivity contribution in [2.24, 2.45) is 10.7 Å². The maximum Gasteiger partial charge on any atom is 2.00 e. The SMILES string of the molecule is O=N[O-].O=N[O-].[NH-]c1cc2ccccc2oc1=O.[NH-]c1cc2ccccc2oc1=O.[Pd+2]. The van der Waals surface area contributed by atoms with Gasteiger partial charge in [-0.1, -0.05) is 59.9 Å². The molecule has 0 fully saturated rings. The normalized spacial score (nSPS) is 8.77. The van der Waals surface area contributed by atoms with Crippen molar-refractivity contribution in [2.75, 3.05) is 0 Å². The van der Waals surface area contributed by atoms with Gasteiger partial charge in [0.1, 0.15) is 11.2 Å². The van der Waals surface area contributed by atoms with Crippen LogP contribution in [0.1, 0.15) is 0 Å². The average Bonchev–Trinajstić information content (AvgIpc) is 2.71. The molecule has 0 bridgehead atoms. The van der Waals surface area contributed by atoms with Crippen LogP contribution in [0.5, 0.6) is 0 Å². The number of nitrogens with zero attached hydrogens (tertiary/aromatic N) is 2. The average molecular weight is 519 g/mol. The van der Waals surface area contributed by atoms with Crippen LogP contribution in [0, 0.1) is 20.2 Å². The number of benzene rings is 2. The fourth-order valence-corrected chi connectivity index (χ4v) is 2.12. The van der Waals surface area contributed by atoms with Crippen molar-refractivity contribution in [2.45, 2.75) is 0 Å². The van der Waals surface area contributed by atoms with Crippen LogP contribution in [-0.4, -0.2) is 0 Å². The Bertz CT molecular complexity index is 1150. The molecule has 2 heterocycles. The number of hydrogen-bond donors (Lipinski definition) is 0. The molecule has 2 aromatic heterocycles. The molecule has 0 atom stereocenters. The molecule has 0 aliphatic carbocycles. The topological polar surface area (TPSA) is 213 Å². The minimum absolute atomic E-state index is 0. The summed E-state index contributed by atoms with van der Waals surface area (Å²) in [6.45, 7) is 0. The zero-order valence-corrected chi connectivity index (χ0v) is 16.8. The second-order valence-corrected chi connectivity index (χ2v) is 5.12. The van der Waals surface area contributed by atoms with E-state index in [2.05, 4.69) is 0 Å². The molecule has 0 amide bonds. The monoisotopic (exact) mass is 518 g/mol. The predicted octanol–water partition coefficient (Wildman–Crippen LogP) is 5.45. The van der Waals surface area contributed by atoms with Gasteiger partial charge in [-0.2, -0.15) is 0 Å². The fourth-order valence-electron chi connectivity index (χ4n) is 2.12. The first-order chi connectivity index (χ1) is 14.4. The van der Waals surface area contributed by atoms with Gasteiger partial charge in [0.2, 0.25) is 0 Å². The van der Waals surface area contributed by atoms with E-state index in [0.717, 1.165) is 21.5 Å². The molecule has 0 aliphatic rings. The standard InChI is InChI=1S/2C9H6NO2.2HNO2.Pd/c2*10-7-5-6-3-1-2-4-8(6)12-9(7)11;2*2-1-3;/h2*1-5,10H;2*(H,2,3);/q2*-1;;;+2/p-2. The third-order valence-corrected chi connectivity index (χ3v) is 3.28. The van der Waals surface area contributed by atoms with Gasteiger partial charge in [-0.05, 0) is 12.1 Å². The first-order valence-electron chi connectivity index (χ1n) is 7.76. The van der Waals surface area contributed by atoms with Crippen LogP contribution in [-0.2, 0) is 20.4 Å². The third kappa shape index (κ3) is 8.44. The summed E-state index contributed by atoms with van der Waals surface area (Å²) in [6, 6.07) is 17.3. The summed E-state index contributed by atoms with van der Waals surface area (Å²) in [5.41, 5.74) is 14.1. The Labute approximate surface area is 186 Å². The minimum atomic E-state index is -0.589. The van der Waals surface area contributed by atoms with Crippen LogP contribution >= 0.6 is 0 Å². The van der Waals surface area contributed by atoms with Crippen molar-refractivity contribution in [1.29, 1.82) is 0 Å². The van der Waals surface area contributed by atoms with E-state index in [9.17, 15) is 9.59 Å². The van der Waals surface area contributed by atoms with Crippen LogP contribution in [0.2, 0.25) is 0 Å². The zero-order valence-electron chi connectivity index (χ0n) is 15.3. The molecule has 4 aromatic rings. The van der Waals surface area contributed by atoms with Crippen LogP contribution < -0.4 is 11.3 Å². The summed E-state index contributed by atoms with van der Waals surface area (Å²) < 4.78 is 9.70. The molecule has 2 aromatic carbocycles. The van der Waals surface area contributed by atoms with Crippen LogP contribution in [0.15, 0.2) is 89.8 Å². The van der Waals surface area contributed by atoms with E-state index < -0.39 is 11.3 Å². The first-order valence-corrected chi connectivity index (χ1v) is 7.76. The van der Waals surface area contributed by atoms with Gasteiger partial charge in [0, 0.05) is 10.8 Å². The van der Waals surface area contributed by atoms with E-state index in [1.165, 1.54) is 12.1 Å². The molecule has 0 radical (unpaired) electrons. The molecule has 4 rings (SSSR count). The molecular formula is C18H12N4O8Pd-2. The maximum absolute atomic E-state index is 10.9. The van der Waals surface area contributed by atoms with Crippen LogP contribution in [0.3, 0.4) is 0 Å². The number of hydrogen-bond acceptors (Lipinski definition) is 10. The van der Waals surface area contributed by atoms with E-state index in [1.807, 2.05) is 12.1 Å². The predicted molar refractivity (Wildman–Crippen MR) is 111 cm³/mol. The molecule has 0 aliphatic heterocycles. The summed E-state index contributed by atoms with van der Waals surface area (Å²) in [7, 11) is 0. The Morgan fingerprint density at radius 3 is 1.29 bits per heavy atom. The third-order valence-electron chi connectivity index (χ3n) is 3.28. The number of para-hydroxylation sites is 2. The number of nitrogens with one attached hydrogen (secondary N) is 2. The maximum atomic E-state index is 10.9. The molecule has 164 valence electrons. The van der Waals surface area contributed by atoms with Crippen molar-refractivity contribution in [3.8, 4) is 0 Å². The first kappa shape index (κ1) is 26.9. The van der Waals surface area contributed by atoms with E-state index in [1.54, 1.807) is 36.4 Å². The van der Waals surface area contributed by atoms with E-state index in [0.29, 0.717) is 11.2 Å². The van der Waals surface area contributed by atoms with Gasteiger partial charge in [0.25, 0.3) is 0 Å². The molecular weight excluding hydrogens is 507 g/mol. The second kappa shape index (κ2) is 14.0. The van der Waals surface area contributed by atoms with Gasteiger partial charge in [-0.25, -0.2) is 9.59 Å². The van der Waals surface area contributed by atoms with E-state index >= 15 is 0 Å². The van der Waals surface area contributed by atoms with Gasteiger partial charge >= 0.3 is 31.7 Å². The zero-order chi connectivity index (χ0) is 22.5. The Morgan fingerprint density at radius 2 is 0.968 bits per heavy atom. The summed E-state index contributed by atoms with van der Waals surface area (Å²) >= 11 is 0. The Hall–Kier alpha value is -4.08. The summed E-state index contributed by atoms with van der Waals surface area (Å²) in [5.74, 6) is 0. The van der Waals surface area contributed by atoms with Gasteiger partial charge in [-0.15, -0.1) is 10.7 Å². The Balaban J connectivity index is 0.000000453. The van der Waals surface area contributed by atoms with Gasteiger partial charge in [0.05, 0.1) is 0 Å². The van der Waals surface area contributed by atoms with E-state index in [4.69, 9.17) is 40.5 Å². The molecule has 13 heteroatoms. The van der Waals surface area contributed by atoms with Crippen LogP contribution in [0.4, 0.5) is 11.4 Å². The van der Waals surface area contributed by atoms with Crippen molar-refractivity contribution in [1.82, 2.24) is 0 Å². The van der Waals surface area contributed by atoms with Crippen LogP contribution in [0.25, 0.3) is 33.4 Å². The molecule has 0 saturated carbocycles. The van der Waals surface area contributed by atoms with Gasteiger partial charge < -0.3 is 40.5 Å². The molecule has 0 unspecified atom stereocenters. The smallest absolute Gasteiger partial charge is 0.693 e. The Morgan fingerprint density at radius 1 is 0.677 bits per heavy atom. The fraction of sp³-hybridized carbons (Fsp3) is 0. The summed E-state index contributed by atoms with van der Waals surface area (Å²) in [6.07, 6.45) is 0. The molecule has 0 saturated heterocycles. The van der Waals surface area contributed by atoms with Crippen molar-refractivity contribution in [3.05, 3.63) is 113 Å². The molecule has 31 heavy (non-hydrogen) atoms. The molecule has 2 N–H and O–H groups in total. The van der Waals surface area contributed by atoms with Gasteiger partial charge in [-0.3, -0.25) is 0 Å². The Kier molecular flexibility index (Phi) is 12.2. The largest absolute Gasteiger partial charge is 2.00 e. The summed E-state index contributed by atoms with van der Waals surface area (Å²) in [4.78, 5) is 37.8. The van der Waals surface area contributed by atoms with Crippen molar-refractivity contribution in [3.63, 3.8) is 0 Å². The van der Waals surface area contributed by atoms with E-state index in [-0.39, 0.29) is 31.8 Å².